The van der Waals surface area contributed by atoms with E-state index in [2.05, 4.69) is 19.2 Å². The van der Waals surface area contributed by atoms with Gasteiger partial charge in [0, 0.05) is 11.6 Å². The first-order chi connectivity index (χ1) is 9.31. The molecule has 1 aromatic carbocycles. The summed E-state index contributed by atoms with van der Waals surface area (Å²) in [7, 11) is 0. The fourth-order valence-electron chi connectivity index (χ4n) is 2.97. The van der Waals surface area contributed by atoms with Crippen LogP contribution in [0.15, 0.2) is 18.2 Å². The molecule has 1 saturated carbocycles. The SMILES string of the molecule is Cc1ccc(NC(=O)C2CCCC2(C)C)cc1C(=O)O. The maximum Gasteiger partial charge on any atom is 0.336 e. The standard InChI is InChI=1S/C16H21NO3/c1-10-6-7-11(9-12(10)15(19)20)17-14(18)13-5-4-8-16(13,2)3/h6-7,9,13H,4-5,8H2,1-3H3,(H,17,18)(H,19,20). The maximum atomic E-state index is 12.3. The van der Waals surface area contributed by atoms with Gasteiger partial charge in [-0.3, -0.25) is 4.79 Å². The summed E-state index contributed by atoms with van der Waals surface area (Å²) in [5.74, 6) is -0.982. The van der Waals surface area contributed by atoms with Gasteiger partial charge in [-0.2, -0.15) is 0 Å². The molecule has 4 heteroatoms. The van der Waals surface area contributed by atoms with Crippen molar-refractivity contribution in [2.75, 3.05) is 5.32 Å². The number of amides is 1. The quantitative estimate of drug-likeness (QED) is 0.887. The van der Waals surface area contributed by atoms with E-state index < -0.39 is 5.97 Å². The van der Waals surface area contributed by atoms with Crippen molar-refractivity contribution in [3.63, 3.8) is 0 Å². The first-order valence-electron chi connectivity index (χ1n) is 6.96. The number of carboxylic acid groups (broad SMARTS) is 1. The van der Waals surface area contributed by atoms with Crippen LogP contribution < -0.4 is 5.32 Å². The minimum Gasteiger partial charge on any atom is -0.478 e. The molecular formula is C16H21NO3. The predicted octanol–water partition coefficient (Wildman–Crippen LogP) is 3.46. The molecule has 0 spiro atoms. The number of carboxylic acids is 1. The van der Waals surface area contributed by atoms with E-state index in [-0.39, 0.29) is 22.8 Å². The predicted molar refractivity (Wildman–Crippen MR) is 77.9 cm³/mol. The Balaban J connectivity index is 2.16. The van der Waals surface area contributed by atoms with E-state index in [1.54, 1.807) is 19.1 Å². The molecule has 0 saturated heterocycles. The van der Waals surface area contributed by atoms with E-state index in [1.807, 2.05) is 0 Å². The molecule has 0 radical (unpaired) electrons. The Morgan fingerprint density at radius 1 is 1.35 bits per heavy atom. The van der Waals surface area contributed by atoms with E-state index >= 15 is 0 Å². The highest BCUT2D eigenvalue weighted by atomic mass is 16.4. The number of aryl methyl sites for hydroxylation is 1. The number of carbonyl (C=O) groups is 2. The second kappa shape index (κ2) is 5.27. The molecule has 1 fully saturated rings. The van der Waals surface area contributed by atoms with E-state index in [1.165, 1.54) is 6.07 Å². The van der Waals surface area contributed by atoms with Crippen LogP contribution in [-0.2, 0) is 4.79 Å². The molecule has 1 atom stereocenters. The van der Waals surface area contributed by atoms with Crippen molar-refractivity contribution in [1.82, 2.24) is 0 Å². The average molecular weight is 275 g/mol. The molecule has 1 unspecified atom stereocenters. The molecule has 0 aromatic heterocycles. The summed E-state index contributed by atoms with van der Waals surface area (Å²) in [6, 6.07) is 5.00. The summed E-state index contributed by atoms with van der Waals surface area (Å²) in [6.07, 6.45) is 3.02. The summed E-state index contributed by atoms with van der Waals surface area (Å²) in [6.45, 7) is 5.97. The fourth-order valence-corrected chi connectivity index (χ4v) is 2.97. The lowest BCUT2D eigenvalue weighted by Gasteiger charge is -2.26. The van der Waals surface area contributed by atoms with Crippen LogP contribution in [0.3, 0.4) is 0 Å². The van der Waals surface area contributed by atoms with Gasteiger partial charge < -0.3 is 10.4 Å². The van der Waals surface area contributed by atoms with Crippen LogP contribution in [-0.4, -0.2) is 17.0 Å². The Labute approximate surface area is 119 Å². The van der Waals surface area contributed by atoms with Gasteiger partial charge in [-0.25, -0.2) is 4.79 Å². The zero-order valence-corrected chi connectivity index (χ0v) is 12.2. The Kier molecular flexibility index (Phi) is 3.84. The fraction of sp³-hybridized carbons (Fsp3) is 0.500. The topological polar surface area (TPSA) is 66.4 Å². The van der Waals surface area contributed by atoms with E-state index in [4.69, 9.17) is 5.11 Å². The summed E-state index contributed by atoms with van der Waals surface area (Å²) in [5.41, 5.74) is 1.50. The lowest BCUT2D eigenvalue weighted by Crippen LogP contribution is -2.30. The van der Waals surface area contributed by atoms with Crippen LogP contribution in [0.5, 0.6) is 0 Å². The molecule has 2 rings (SSSR count). The molecule has 1 aliphatic carbocycles. The monoisotopic (exact) mass is 275 g/mol. The lowest BCUT2D eigenvalue weighted by molar-refractivity contribution is -0.122. The number of anilines is 1. The smallest absolute Gasteiger partial charge is 0.336 e. The highest BCUT2D eigenvalue weighted by molar-refractivity contribution is 5.96. The summed E-state index contributed by atoms with van der Waals surface area (Å²) in [4.78, 5) is 23.4. The first-order valence-corrected chi connectivity index (χ1v) is 6.96. The zero-order chi connectivity index (χ0) is 14.9. The molecule has 20 heavy (non-hydrogen) atoms. The van der Waals surface area contributed by atoms with Gasteiger partial charge in [0.25, 0.3) is 0 Å². The molecule has 0 aliphatic heterocycles. The Morgan fingerprint density at radius 3 is 2.60 bits per heavy atom. The van der Waals surface area contributed by atoms with Gasteiger partial charge in [0.1, 0.15) is 0 Å². The van der Waals surface area contributed by atoms with Crippen LogP contribution in [0.4, 0.5) is 5.69 Å². The van der Waals surface area contributed by atoms with Gasteiger partial charge in [0.05, 0.1) is 5.56 Å². The number of rotatable bonds is 3. The van der Waals surface area contributed by atoms with E-state index in [0.717, 1.165) is 19.3 Å². The molecule has 2 N–H and O–H groups in total. The zero-order valence-electron chi connectivity index (χ0n) is 12.2. The van der Waals surface area contributed by atoms with Crippen molar-refractivity contribution in [2.45, 2.75) is 40.0 Å². The lowest BCUT2D eigenvalue weighted by atomic mass is 9.81. The molecular weight excluding hydrogens is 254 g/mol. The highest BCUT2D eigenvalue weighted by Crippen LogP contribution is 2.43. The Hall–Kier alpha value is -1.84. The van der Waals surface area contributed by atoms with Gasteiger partial charge in [-0.1, -0.05) is 26.3 Å². The minimum atomic E-state index is -0.972. The second-order valence-electron chi connectivity index (χ2n) is 6.26. The second-order valence-corrected chi connectivity index (χ2v) is 6.26. The number of hydrogen-bond donors (Lipinski definition) is 2. The van der Waals surface area contributed by atoms with Crippen LogP contribution >= 0.6 is 0 Å². The van der Waals surface area contributed by atoms with Crippen molar-refractivity contribution in [2.24, 2.45) is 11.3 Å². The highest BCUT2D eigenvalue weighted by Gasteiger charge is 2.39. The minimum absolute atomic E-state index is 0.00270. The van der Waals surface area contributed by atoms with E-state index in [9.17, 15) is 9.59 Å². The van der Waals surface area contributed by atoms with Gasteiger partial charge in [-0.05, 0) is 42.9 Å². The van der Waals surface area contributed by atoms with Crippen LogP contribution in [0, 0.1) is 18.3 Å². The third-order valence-electron chi connectivity index (χ3n) is 4.31. The molecule has 1 aromatic rings. The number of benzene rings is 1. The molecule has 1 aliphatic rings. The Morgan fingerprint density at radius 2 is 2.05 bits per heavy atom. The summed E-state index contributed by atoms with van der Waals surface area (Å²) < 4.78 is 0. The van der Waals surface area contributed by atoms with Gasteiger partial charge in [0.15, 0.2) is 0 Å². The normalized spacial score (nSPS) is 20.6. The first kappa shape index (κ1) is 14.6. The molecule has 0 bridgehead atoms. The van der Waals surface area contributed by atoms with Crippen LogP contribution in [0.25, 0.3) is 0 Å². The molecule has 0 heterocycles. The average Bonchev–Trinajstić information content (AvgIpc) is 2.71. The van der Waals surface area contributed by atoms with Crippen molar-refractivity contribution in [3.05, 3.63) is 29.3 Å². The van der Waals surface area contributed by atoms with Crippen LogP contribution in [0.1, 0.15) is 49.0 Å². The van der Waals surface area contributed by atoms with Crippen molar-refractivity contribution >= 4 is 17.6 Å². The van der Waals surface area contributed by atoms with Gasteiger partial charge in [0.2, 0.25) is 5.91 Å². The third kappa shape index (κ3) is 2.84. The number of carbonyl (C=O) groups excluding carboxylic acids is 1. The maximum absolute atomic E-state index is 12.3. The summed E-state index contributed by atoms with van der Waals surface area (Å²) in [5, 5.41) is 12.0. The van der Waals surface area contributed by atoms with Crippen LogP contribution in [0.2, 0.25) is 0 Å². The number of aromatic carboxylic acids is 1. The number of hydrogen-bond acceptors (Lipinski definition) is 2. The van der Waals surface area contributed by atoms with Gasteiger partial charge >= 0.3 is 5.97 Å². The van der Waals surface area contributed by atoms with Crippen molar-refractivity contribution < 1.29 is 14.7 Å². The number of nitrogens with one attached hydrogen (secondary N) is 1. The van der Waals surface area contributed by atoms with Crippen molar-refractivity contribution in [1.29, 1.82) is 0 Å². The molecule has 108 valence electrons. The molecule has 4 nitrogen and oxygen atoms in total. The third-order valence-corrected chi connectivity index (χ3v) is 4.31. The molecule has 1 amide bonds. The van der Waals surface area contributed by atoms with Crippen molar-refractivity contribution in [3.8, 4) is 0 Å². The summed E-state index contributed by atoms with van der Waals surface area (Å²) >= 11 is 0. The Bertz CT molecular complexity index is 549. The largest absolute Gasteiger partial charge is 0.478 e. The van der Waals surface area contributed by atoms with E-state index in [0.29, 0.717) is 11.3 Å². The van der Waals surface area contributed by atoms with Gasteiger partial charge in [-0.15, -0.1) is 0 Å².